The van der Waals surface area contributed by atoms with E-state index in [9.17, 15) is 0 Å². The van der Waals surface area contributed by atoms with Crippen molar-refractivity contribution in [3.63, 3.8) is 0 Å². The molecule has 2 heterocycles. The van der Waals surface area contributed by atoms with Gasteiger partial charge < -0.3 is 13.6 Å². The van der Waals surface area contributed by atoms with E-state index in [2.05, 4.69) is 24.4 Å². The molecule has 19 heavy (non-hydrogen) atoms. The molecule has 1 aromatic rings. The summed E-state index contributed by atoms with van der Waals surface area (Å²) in [6.45, 7) is 9.86. The van der Waals surface area contributed by atoms with E-state index in [-0.39, 0.29) is 18.8 Å². The monoisotopic (exact) mass is 278 g/mol. The highest BCUT2D eigenvalue weighted by Gasteiger charge is 2.44. The lowest BCUT2D eigenvalue weighted by Gasteiger charge is -2.21. The molecule has 4 nitrogen and oxygen atoms in total. The highest BCUT2D eigenvalue weighted by atomic mass is 32.1. The first-order chi connectivity index (χ1) is 8.85. The average molecular weight is 278 g/mol. The Bertz CT molecular complexity index is 494. The van der Waals surface area contributed by atoms with Gasteiger partial charge in [0.2, 0.25) is 0 Å². The van der Waals surface area contributed by atoms with Gasteiger partial charge in [-0.2, -0.15) is 0 Å². The molecule has 0 saturated carbocycles. The lowest BCUT2D eigenvalue weighted by Crippen LogP contribution is -2.35. The smallest absolute Gasteiger partial charge is 0.402 e. The van der Waals surface area contributed by atoms with Gasteiger partial charge in [-0.05, 0) is 26.8 Å². The fraction of sp³-hybridized carbons (Fsp3) is 0.462. The molecule has 0 N–H and O–H groups in total. The first kappa shape index (κ1) is 14.4. The van der Waals surface area contributed by atoms with E-state index in [4.69, 9.17) is 9.31 Å². The van der Waals surface area contributed by atoms with Crippen LogP contribution in [0.5, 0.6) is 0 Å². The van der Waals surface area contributed by atoms with Crippen molar-refractivity contribution in [1.82, 2.24) is 4.98 Å². The maximum absolute atomic E-state index is 5.92. The summed E-state index contributed by atoms with van der Waals surface area (Å²) in [6, 6.07) is 1.97. The minimum Gasteiger partial charge on any atom is -0.402 e. The largest absolute Gasteiger partial charge is 0.496 e. The van der Waals surface area contributed by atoms with Crippen molar-refractivity contribution in [2.45, 2.75) is 32.5 Å². The number of aromatic nitrogens is 1. The molecule has 1 atom stereocenters. The minimum absolute atomic E-state index is 0.0388. The first-order valence-corrected chi connectivity index (χ1v) is 6.63. The predicted octanol–water partition coefficient (Wildman–Crippen LogP) is 1.91. The topological polar surface area (TPSA) is 34.6 Å². The maximum atomic E-state index is 5.92. The first-order valence-electron chi connectivity index (χ1n) is 6.23. The molecule has 1 aliphatic rings. The zero-order valence-corrected chi connectivity index (χ0v) is 12.6. The molecule has 0 aliphatic carbocycles. The van der Waals surface area contributed by atoms with Crippen molar-refractivity contribution in [2.24, 2.45) is 0 Å². The Labute approximate surface area is 120 Å². The molecule has 1 aromatic heterocycles. The van der Waals surface area contributed by atoms with E-state index in [1.807, 2.05) is 33.9 Å². The second-order valence-electron chi connectivity index (χ2n) is 5.24. The van der Waals surface area contributed by atoms with Crippen LogP contribution in [0.25, 0.3) is 6.08 Å². The van der Waals surface area contributed by atoms with Crippen LogP contribution in [0.15, 0.2) is 18.8 Å². The van der Waals surface area contributed by atoms with Gasteiger partial charge in [0.25, 0.3) is 0 Å². The van der Waals surface area contributed by atoms with E-state index >= 15 is 0 Å². The van der Waals surface area contributed by atoms with E-state index in [1.54, 1.807) is 16.6 Å². The quantitative estimate of drug-likeness (QED) is 0.676. The Morgan fingerprint density at radius 3 is 2.74 bits per heavy atom. The summed E-state index contributed by atoms with van der Waals surface area (Å²) in [5, 5.41) is 0. The molecule has 1 unspecified atom stereocenters. The Hall–Kier alpha value is -0.975. The van der Waals surface area contributed by atoms with Crippen LogP contribution in [0.1, 0.15) is 26.3 Å². The molecule has 2 rings (SSSR count). The summed E-state index contributed by atoms with van der Waals surface area (Å²) in [6.07, 6.45) is 3.55. The van der Waals surface area contributed by atoms with Gasteiger partial charge in [-0.25, -0.2) is 4.98 Å². The third kappa shape index (κ3) is 2.80. The second-order valence-corrected chi connectivity index (χ2v) is 5.84. The van der Waals surface area contributed by atoms with Crippen LogP contribution in [0, 0.1) is 0 Å². The molecule has 0 radical (unpaired) electrons. The minimum atomic E-state index is -0.379. The molecule has 0 aromatic carbocycles. The number of nitrogens with zero attached hydrogens (tertiary/aromatic N) is 2. The third-order valence-corrected chi connectivity index (χ3v) is 3.62. The Morgan fingerprint density at radius 2 is 2.26 bits per heavy atom. The fourth-order valence-corrected chi connectivity index (χ4v) is 2.10. The highest BCUT2D eigenvalue weighted by Crippen LogP contribution is 2.27. The van der Waals surface area contributed by atoms with Crippen LogP contribution < -0.4 is 9.77 Å². The van der Waals surface area contributed by atoms with Gasteiger partial charge in [-0.1, -0.05) is 25.5 Å². The number of hydrogen-bond donors (Lipinski definition) is 1. The number of rotatable bonds is 3. The van der Waals surface area contributed by atoms with Crippen molar-refractivity contribution in [3.05, 3.63) is 24.4 Å². The van der Waals surface area contributed by atoms with E-state index in [0.717, 1.165) is 16.8 Å². The molecule has 1 aliphatic heterocycles. The average Bonchev–Trinajstić information content (AvgIpc) is 2.63. The summed E-state index contributed by atoms with van der Waals surface area (Å²) >= 11 is 4.26. The van der Waals surface area contributed by atoms with Gasteiger partial charge in [-0.3, -0.25) is 0 Å². The lowest BCUT2D eigenvalue weighted by atomic mass is 9.79. The number of hydrogen-bond acceptors (Lipinski definition) is 5. The molecular formula is C13H19BN2O2S. The van der Waals surface area contributed by atoms with E-state index < -0.39 is 0 Å². The zero-order valence-electron chi connectivity index (χ0n) is 11.8. The van der Waals surface area contributed by atoms with Gasteiger partial charge in [0, 0.05) is 24.3 Å². The molecule has 0 bridgehead atoms. The van der Waals surface area contributed by atoms with E-state index in [1.165, 1.54) is 0 Å². The van der Waals surface area contributed by atoms with Gasteiger partial charge in [0.05, 0.1) is 11.7 Å². The van der Waals surface area contributed by atoms with Gasteiger partial charge >= 0.3 is 7.12 Å². The second kappa shape index (κ2) is 5.19. The molecule has 1 saturated heterocycles. The van der Waals surface area contributed by atoms with Gasteiger partial charge in [0.15, 0.2) is 0 Å². The SMILES string of the molecule is C=Cc1cc(B2OC(C)C(C)(C)O2)cnc1N(C)S. The summed E-state index contributed by atoms with van der Waals surface area (Å²) in [4.78, 5) is 4.38. The molecular weight excluding hydrogens is 259 g/mol. The van der Waals surface area contributed by atoms with Crippen LogP contribution in [0.3, 0.4) is 0 Å². The Morgan fingerprint density at radius 1 is 1.58 bits per heavy atom. The van der Waals surface area contributed by atoms with Crippen molar-refractivity contribution in [3.8, 4) is 0 Å². The van der Waals surface area contributed by atoms with Crippen LogP contribution in [0.4, 0.5) is 5.82 Å². The summed E-state index contributed by atoms with van der Waals surface area (Å²) in [5.41, 5.74) is 1.50. The third-order valence-electron chi connectivity index (χ3n) is 3.43. The molecule has 1 fully saturated rings. The van der Waals surface area contributed by atoms with Crippen LogP contribution in [-0.4, -0.2) is 30.9 Å². The number of pyridine rings is 1. The molecule has 0 amide bonds. The van der Waals surface area contributed by atoms with Crippen LogP contribution >= 0.6 is 12.8 Å². The molecule has 6 heteroatoms. The predicted molar refractivity (Wildman–Crippen MR) is 82.8 cm³/mol. The van der Waals surface area contributed by atoms with Crippen molar-refractivity contribution in [2.75, 3.05) is 11.4 Å². The fourth-order valence-electron chi connectivity index (χ4n) is 1.94. The van der Waals surface area contributed by atoms with Gasteiger partial charge in [-0.15, -0.1) is 0 Å². The van der Waals surface area contributed by atoms with E-state index in [0.29, 0.717) is 0 Å². The number of thiol groups is 1. The van der Waals surface area contributed by atoms with Gasteiger partial charge in [0.1, 0.15) is 5.82 Å². The highest BCUT2D eigenvalue weighted by molar-refractivity contribution is 7.81. The summed E-state index contributed by atoms with van der Waals surface area (Å²) in [5.74, 6) is 0.757. The van der Waals surface area contributed by atoms with Crippen LogP contribution in [0.2, 0.25) is 0 Å². The molecule has 0 spiro atoms. The maximum Gasteiger partial charge on any atom is 0.496 e. The van der Waals surface area contributed by atoms with Crippen molar-refractivity contribution < 1.29 is 9.31 Å². The summed E-state index contributed by atoms with van der Waals surface area (Å²) < 4.78 is 13.4. The Kier molecular flexibility index (Phi) is 3.94. The zero-order chi connectivity index (χ0) is 14.2. The molecule has 102 valence electrons. The van der Waals surface area contributed by atoms with Crippen LogP contribution in [-0.2, 0) is 9.31 Å². The van der Waals surface area contributed by atoms with Crippen molar-refractivity contribution >= 4 is 37.3 Å². The standard InChI is InChI=1S/C13H19BN2O2S/c1-6-10-7-11(8-15-12(10)16(5)19)14-17-9(2)13(3,4)18-14/h6-9,19H,1H2,2-5H3. The van der Waals surface area contributed by atoms with Crippen molar-refractivity contribution in [1.29, 1.82) is 0 Å². The lowest BCUT2D eigenvalue weighted by molar-refractivity contribution is 0.0842. The Balaban J connectivity index is 2.30. The summed E-state index contributed by atoms with van der Waals surface area (Å²) in [7, 11) is 1.45. The normalized spacial score (nSPS) is 21.5. The number of anilines is 1.